The second-order valence-electron chi connectivity index (χ2n) is 4.31. The molecule has 4 nitrogen and oxygen atoms in total. The zero-order valence-corrected chi connectivity index (χ0v) is 12.0. The van der Waals surface area contributed by atoms with Crippen molar-refractivity contribution in [3.63, 3.8) is 0 Å². The van der Waals surface area contributed by atoms with Crippen LogP contribution in [0.15, 0.2) is 18.5 Å². The lowest BCUT2D eigenvalue weighted by atomic mass is 10.1. The van der Waals surface area contributed by atoms with E-state index in [1.54, 1.807) is 18.5 Å². The highest BCUT2D eigenvalue weighted by molar-refractivity contribution is 14.1. The maximum atomic E-state index is 12.4. The molecule has 1 fully saturated rings. The first-order valence-corrected chi connectivity index (χ1v) is 6.69. The van der Waals surface area contributed by atoms with Gasteiger partial charge in [-0.2, -0.15) is 0 Å². The van der Waals surface area contributed by atoms with Crippen LogP contribution in [0.3, 0.4) is 0 Å². The first-order chi connectivity index (χ1) is 8.09. The minimum absolute atomic E-state index is 0.0689. The largest absolute Gasteiger partial charge is 0.375 e. The van der Waals surface area contributed by atoms with Crippen LogP contribution in [0.25, 0.3) is 0 Å². The number of halogens is 1. The number of ether oxygens (including phenoxy) is 1. The van der Waals surface area contributed by atoms with E-state index >= 15 is 0 Å². The SMILES string of the molecule is C[C@H]1CN(C(=O)c2ccncc2I)[C@@H](C)CO1. The first kappa shape index (κ1) is 12.8. The number of carbonyl (C=O) groups is 1. The fraction of sp³-hybridized carbons (Fsp3) is 0.500. The molecular formula is C12H15IN2O2. The topological polar surface area (TPSA) is 42.4 Å². The van der Waals surface area contributed by atoms with E-state index in [0.717, 1.165) is 9.13 Å². The number of pyridine rings is 1. The van der Waals surface area contributed by atoms with Crippen molar-refractivity contribution in [3.8, 4) is 0 Å². The van der Waals surface area contributed by atoms with Crippen molar-refractivity contribution in [2.75, 3.05) is 13.2 Å². The highest BCUT2D eigenvalue weighted by atomic mass is 127. The molecule has 17 heavy (non-hydrogen) atoms. The van der Waals surface area contributed by atoms with Gasteiger partial charge in [-0.15, -0.1) is 0 Å². The van der Waals surface area contributed by atoms with Gasteiger partial charge in [-0.25, -0.2) is 0 Å². The fourth-order valence-corrected chi connectivity index (χ4v) is 2.46. The predicted octanol–water partition coefficient (Wildman–Crippen LogP) is 1.94. The van der Waals surface area contributed by atoms with Gasteiger partial charge in [-0.1, -0.05) is 0 Å². The van der Waals surface area contributed by atoms with Crippen molar-refractivity contribution in [2.24, 2.45) is 0 Å². The van der Waals surface area contributed by atoms with Crippen LogP contribution in [0, 0.1) is 3.57 Å². The number of carbonyl (C=O) groups excluding carboxylic acids is 1. The summed E-state index contributed by atoms with van der Waals surface area (Å²) in [6.45, 7) is 5.26. The van der Waals surface area contributed by atoms with Crippen LogP contribution in [-0.4, -0.2) is 41.1 Å². The quantitative estimate of drug-likeness (QED) is 0.730. The third kappa shape index (κ3) is 2.77. The molecule has 1 aromatic heterocycles. The van der Waals surface area contributed by atoms with Gasteiger partial charge in [0.25, 0.3) is 5.91 Å². The van der Waals surface area contributed by atoms with E-state index in [-0.39, 0.29) is 18.1 Å². The summed E-state index contributed by atoms with van der Waals surface area (Å²) in [7, 11) is 0. The van der Waals surface area contributed by atoms with E-state index in [2.05, 4.69) is 27.6 Å². The molecule has 0 saturated carbocycles. The molecule has 2 rings (SSSR count). The molecule has 0 bridgehead atoms. The Hall–Kier alpha value is -0.690. The molecule has 2 heterocycles. The van der Waals surface area contributed by atoms with Crippen LogP contribution in [0.5, 0.6) is 0 Å². The summed E-state index contributed by atoms with van der Waals surface area (Å²) in [6.07, 6.45) is 3.47. The molecule has 0 aromatic carbocycles. The van der Waals surface area contributed by atoms with Crippen LogP contribution in [0.1, 0.15) is 24.2 Å². The molecule has 0 unspecified atom stereocenters. The van der Waals surface area contributed by atoms with Gasteiger partial charge in [0.15, 0.2) is 0 Å². The van der Waals surface area contributed by atoms with Crippen molar-refractivity contribution in [1.29, 1.82) is 0 Å². The summed E-state index contributed by atoms with van der Waals surface area (Å²) in [5, 5.41) is 0. The highest BCUT2D eigenvalue weighted by Crippen LogP contribution is 2.18. The number of nitrogens with zero attached hydrogens (tertiary/aromatic N) is 2. The van der Waals surface area contributed by atoms with Crippen LogP contribution in [0.2, 0.25) is 0 Å². The monoisotopic (exact) mass is 346 g/mol. The van der Waals surface area contributed by atoms with Crippen molar-refractivity contribution in [2.45, 2.75) is 26.0 Å². The van der Waals surface area contributed by atoms with E-state index in [0.29, 0.717) is 13.2 Å². The Kier molecular flexibility index (Phi) is 3.98. The Morgan fingerprint density at radius 2 is 2.35 bits per heavy atom. The van der Waals surface area contributed by atoms with Crippen molar-refractivity contribution < 1.29 is 9.53 Å². The molecule has 0 aliphatic carbocycles. The molecule has 1 aromatic rings. The van der Waals surface area contributed by atoms with Crippen LogP contribution < -0.4 is 0 Å². The molecule has 5 heteroatoms. The molecule has 1 saturated heterocycles. The average Bonchev–Trinajstić information content (AvgIpc) is 2.32. The van der Waals surface area contributed by atoms with Gasteiger partial charge in [-0.05, 0) is 42.5 Å². The van der Waals surface area contributed by atoms with Crippen LogP contribution in [-0.2, 0) is 4.74 Å². The Morgan fingerprint density at radius 1 is 1.59 bits per heavy atom. The third-order valence-corrected chi connectivity index (χ3v) is 3.73. The summed E-state index contributed by atoms with van der Waals surface area (Å²) in [6, 6.07) is 1.90. The Bertz CT molecular complexity index is 425. The van der Waals surface area contributed by atoms with Gasteiger partial charge in [0.05, 0.1) is 24.3 Å². The molecule has 1 aliphatic heterocycles. The minimum atomic E-state index is 0.0689. The summed E-state index contributed by atoms with van der Waals surface area (Å²) in [5.41, 5.74) is 0.724. The van der Waals surface area contributed by atoms with Crippen LogP contribution >= 0.6 is 22.6 Å². The van der Waals surface area contributed by atoms with Gasteiger partial charge < -0.3 is 9.64 Å². The summed E-state index contributed by atoms with van der Waals surface area (Å²) < 4.78 is 6.42. The molecule has 2 atom stereocenters. The lowest BCUT2D eigenvalue weighted by molar-refractivity contribution is -0.0387. The highest BCUT2D eigenvalue weighted by Gasteiger charge is 2.28. The van der Waals surface area contributed by atoms with E-state index < -0.39 is 0 Å². The zero-order chi connectivity index (χ0) is 12.4. The molecule has 0 N–H and O–H groups in total. The predicted molar refractivity (Wildman–Crippen MR) is 72.9 cm³/mol. The van der Waals surface area contributed by atoms with Gasteiger partial charge in [-0.3, -0.25) is 9.78 Å². The van der Waals surface area contributed by atoms with Crippen molar-refractivity contribution >= 4 is 28.5 Å². The minimum Gasteiger partial charge on any atom is -0.375 e. The van der Waals surface area contributed by atoms with Gasteiger partial charge >= 0.3 is 0 Å². The Morgan fingerprint density at radius 3 is 3.06 bits per heavy atom. The lowest BCUT2D eigenvalue weighted by Gasteiger charge is -2.37. The van der Waals surface area contributed by atoms with Crippen molar-refractivity contribution in [1.82, 2.24) is 9.88 Å². The third-order valence-electron chi connectivity index (χ3n) is 2.87. The standard InChI is InChI=1S/C12H15IN2O2/c1-8-7-17-9(2)6-15(8)12(16)10-3-4-14-5-11(10)13/h3-5,8-9H,6-7H2,1-2H3/t8-,9-/m0/s1. The maximum absolute atomic E-state index is 12.4. The Labute approximate surface area is 114 Å². The lowest BCUT2D eigenvalue weighted by Crippen LogP contribution is -2.50. The summed E-state index contributed by atoms with van der Waals surface area (Å²) in [4.78, 5) is 18.3. The smallest absolute Gasteiger partial charge is 0.255 e. The number of morpholine rings is 1. The number of rotatable bonds is 1. The Balaban J connectivity index is 2.22. The number of aromatic nitrogens is 1. The van der Waals surface area contributed by atoms with Gasteiger partial charge in [0.2, 0.25) is 0 Å². The van der Waals surface area contributed by atoms with Gasteiger partial charge in [0.1, 0.15) is 0 Å². The summed E-state index contributed by atoms with van der Waals surface area (Å²) >= 11 is 2.14. The molecular weight excluding hydrogens is 331 g/mol. The zero-order valence-electron chi connectivity index (χ0n) is 9.89. The second kappa shape index (κ2) is 5.30. The molecule has 0 spiro atoms. The fourth-order valence-electron chi connectivity index (χ4n) is 1.89. The molecule has 1 aliphatic rings. The number of hydrogen-bond donors (Lipinski definition) is 0. The summed E-state index contributed by atoms with van der Waals surface area (Å²) in [5.74, 6) is 0.0689. The van der Waals surface area contributed by atoms with E-state index in [4.69, 9.17) is 4.74 Å². The second-order valence-corrected chi connectivity index (χ2v) is 5.47. The number of hydrogen-bond acceptors (Lipinski definition) is 3. The molecule has 1 amide bonds. The molecule has 92 valence electrons. The van der Waals surface area contributed by atoms with E-state index in [1.807, 2.05) is 18.7 Å². The number of amides is 1. The van der Waals surface area contributed by atoms with E-state index in [9.17, 15) is 4.79 Å². The average molecular weight is 346 g/mol. The maximum Gasteiger partial charge on any atom is 0.255 e. The van der Waals surface area contributed by atoms with Crippen LogP contribution in [0.4, 0.5) is 0 Å². The van der Waals surface area contributed by atoms with E-state index in [1.165, 1.54) is 0 Å². The van der Waals surface area contributed by atoms with Gasteiger partial charge in [0, 0.05) is 22.5 Å². The normalized spacial score (nSPS) is 24.8. The first-order valence-electron chi connectivity index (χ1n) is 5.61. The molecule has 0 radical (unpaired) electrons. The van der Waals surface area contributed by atoms with Crippen molar-refractivity contribution in [3.05, 3.63) is 27.6 Å².